The minimum absolute atomic E-state index is 0.0727. The Hall–Kier alpha value is -3.74. The van der Waals surface area contributed by atoms with Crippen LogP contribution in [-0.4, -0.2) is 30.9 Å². The molecule has 3 aromatic rings. The number of aryl methyl sites for hydroxylation is 1. The molecule has 1 aliphatic rings. The van der Waals surface area contributed by atoms with Crippen LogP contribution >= 0.6 is 23.1 Å². The van der Waals surface area contributed by atoms with Gasteiger partial charge in [-0.15, -0.1) is 11.3 Å². The maximum absolute atomic E-state index is 13.9. The van der Waals surface area contributed by atoms with Gasteiger partial charge in [-0.05, 0) is 49.4 Å². The third kappa shape index (κ3) is 5.57. The van der Waals surface area contributed by atoms with Crippen LogP contribution in [0.4, 0.5) is 18.2 Å². The van der Waals surface area contributed by atoms with Crippen LogP contribution in [0.25, 0.3) is 11.3 Å². The van der Waals surface area contributed by atoms with E-state index in [0.29, 0.717) is 16.3 Å². The number of benzene rings is 1. The molecule has 0 fully saturated rings. The van der Waals surface area contributed by atoms with E-state index < -0.39 is 23.2 Å². The third-order valence-electron chi connectivity index (χ3n) is 5.96. The van der Waals surface area contributed by atoms with E-state index in [0.717, 1.165) is 54.0 Å². The van der Waals surface area contributed by atoms with Gasteiger partial charge in [0.2, 0.25) is 5.91 Å². The summed E-state index contributed by atoms with van der Waals surface area (Å²) in [6, 6.07) is 9.12. The molecule has 1 aromatic carbocycles. The Morgan fingerprint density at radius 1 is 1.13 bits per heavy atom. The Bertz CT molecular complexity index is 1470. The highest BCUT2D eigenvalue weighted by molar-refractivity contribution is 8.00. The van der Waals surface area contributed by atoms with Gasteiger partial charge < -0.3 is 14.8 Å². The van der Waals surface area contributed by atoms with Gasteiger partial charge in [-0.3, -0.25) is 4.79 Å². The molecule has 196 valence electrons. The number of amides is 1. The molecule has 0 spiro atoms. The van der Waals surface area contributed by atoms with E-state index >= 15 is 0 Å². The van der Waals surface area contributed by atoms with Crippen molar-refractivity contribution in [3.63, 3.8) is 0 Å². The molecule has 0 saturated carbocycles. The number of thiophene rings is 1. The number of anilines is 1. The molecule has 0 radical (unpaired) electrons. The highest BCUT2D eigenvalue weighted by Crippen LogP contribution is 2.41. The van der Waals surface area contributed by atoms with Crippen LogP contribution in [0, 0.1) is 22.7 Å². The second-order valence-corrected chi connectivity index (χ2v) is 10.3. The first-order valence-corrected chi connectivity index (χ1v) is 13.2. The third-order valence-corrected chi connectivity index (χ3v) is 8.15. The van der Waals surface area contributed by atoms with E-state index in [4.69, 9.17) is 9.47 Å². The number of methoxy groups -OCH3 is 2. The minimum atomic E-state index is -4.84. The highest BCUT2D eigenvalue weighted by atomic mass is 32.2. The van der Waals surface area contributed by atoms with E-state index in [1.807, 2.05) is 0 Å². The number of hydrogen-bond donors (Lipinski definition) is 1. The molecule has 1 aliphatic carbocycles. The van der Waals surface area contributed by atoms with Gasteiger partial charge in [-0.25, -0.2) is 4.98 Å². The first-order chi connectivity index (χ1) is 18.2. The topological polar surface area (TPSA) is 108 Å². The van der Waals surface area contributed by atoms with Gasteiger partial charge in [0.1, 0.15) is 33.7 Å². The summed E-state index contributed by atoms with van der Waals surface area (Å²) < 4.78 is 52.3. The number of pyridine rings is 1. The molecule has 1 N–H and O–H groups in total. The fourth-order valence-electron chi connectivity index (χ4n) is 4.17. The van der Waals surface area contributed by atoms with Crippen LogP contribution in [0.15, 0.2) is 29.3 Å². The summed E-state index contributed by atoms with van der Waals surface area (Å²) in [6.07, 6.45) is -1.23. The number of hydrogen-bond acceptors (Lipinski definition) is 8. The van der Waals surface area contributed by atoms with Crippen molar-refractivity contribution in [3.8, 4) is 34.9 Å². The largest absolute Gasteiger partial charge is 0.497 e. The number of aromatic nitrogens is 1. The van der Waals surface area contributed by atoms with Gasteiger partial charge in [0, 0.05) is 16.5 Å². The lowest BCUT2D eigenvalue weighted by molar-refractivity contribution is -0.138. The Balaban J connectivity index is 1.66. The number of alkyl halides is 3. The minimum Gasteiger partial charge on any atom is -0.497 e. The Labute approximate surface area is 225 Å². The number of rotatable bonds is 7. The van der Waals surface area contributed by atoms with Crippen molar-refractivity contribution in [1.82, 2.24) is 4.98 Å². The molecule has 2 aromatic heterocycles. The molecule has 7 nitrogen and oxygen atoms in total. The molecular weight excluding hydrogens is 537 g/mol. The van der Waals surface area contributed by atoms with E-state index in [1.54, 1.807) is 12.1 Å². The van der Waals surface area contributed by atoms with Crippen molar-refractivity contribution in [1.29, 1.82) is 10.5 Å². The average molecular weight is 559 g/mol. The lowest BCUT2D eigenvalue weighted by Gasteiger charge is -2.16. The standard InChI is InChI=1S/C26H21F3N4O3S2/c1-35-14-7-8-16(21(9-14)36-2)20-10-19(26(27,28)29)18(12-31)24(32-20)37-13-23(34)33-25-17(11-30)15-5-3-4-6-22(15)38-25/h7-10H,3-6,13H2,1-2H3,(H,33,34). The molecule has 38 heavy (non-hydrogen) atoms. The highest BCUT2D eigenvalue weighted by Gasteiger charge is 2.36. The second-order valence-electron chi connectivity index (χ2n) is 8.27. The number of thioether (sulfide) groups is 1. The van der Waals surface area contributed by atoms with Crippen molar-refractivity contribution < 1.29 is 27.4 Å². The lowest BCUT2D eigenvalue weighted by atomic mass is 9.96. The van der Waals surface area contributed by atoms with Crippen LogP contribution in [0.2, 0.25) is 0 Å². The molecule has 2 heterocycles. The number of carbonyl (C=O) groups excluding carboxylic acids is 1. The number of carbonyl (C=O) groups is 1. The van der Waals surface area contributed by atoms with Gasteiger partial charge >= 0.3 is 6.18 Å². The first kappa shape index (κ1) is 27.3. The van der Waals surface area contributed by atoms with E-state index in [-0.39, 0.29) is 27.8 Å². The van der Waals surface area contributed by atoms with Gasteiger partial charge in [0.05, 0.1) is 42.4 Å². The molecule has 0 saturated heterocycles. The van der Waals surface area contributed by atoms with Crippen LogP contribution in [0.1, 0.15) is 40.0 Å². The van der Waals surface area contributed by atoms with Crippen LogP contribution in [-0.2, 0) is 23.8 Å². The molecule has 0 unspecified atom stereocenters. The fraction of sp³-hybridized carbons (Fsp3) is 0.308. The maximum Gasteiger partial charge on any atom is 0.417 e. The second kappa shape index (κ2) is 11.3. The number of halogens is 3. The number of fused-ring (bicyclic) bond motifs is 1. The quantitative estimate of drug-likeness (QED) is 0.344. The van der Waals surface area contributed by atoms with Crippen molar-refractivity contribution in [3.05, 3.63) is 51.4 Å². The number of nitriles is 2. The predicted octanol–water partition coefficient (Wildman–Crippen LogP) is 6.20. The maximum atomic E-state index is 13.9. The average Bonchev–Trinajstić information content (AvgIpc) is 3.27. The Morgan fingerprint density at radius 3 is 2.53 bits per heavy atom. The number of nitrogens with zero attached hydrogens (tertiary/aromatic N) is 3. The monoisotopic (exact) mass is 558 g/mol. The van der Waals surface area contributed by atoms with Crippen molar-refractivity contribution in [2.45, 2.75) is 36.9 Å². The van der Waals surface area contributed by atoms with Gasteiger partial charge in [-0.1, -0.05) is 11.8 Å². The van der Waals surface area contributed by atoms with Crippen molar-refractivity contribution in [2.75, 3.05) is 25.3 Å². The SMILES string of the molecule is COc1ccc(-c2cc(C(F)(F)F)c(C#N)c(SCC(=O)Nc3sc4c(c3C#N)CCCC4)n2)c(OC)c1. The summed E-state index contributed by atoms with van der Waals surface area (Å²) in [5.41, 5.74) is -0.254. The zero-order chi connectivity index (χ0) is 27.4. The lowest BCUT2D eigenvalue weighted by Crippen LogP contribution is -2.15. The van der Waals surface area contributed by atoms with E-state index in [2.05, 4.69) is 16.4 Å². The molecule has 4 rings (SSSR count). The van der Waals surface area contributed by atoms with Gasteiger partial charge in [-0.2, -0.15) is 23.7 Å². The smallest absolute Gasteiger partial charge is 0.417 e. The van der Waals surface area contributed by atoms with Crippen molar-refractivity contribution >= 4 is 34.0 Å². The molecule has 0 atom stereocenters. The van der Waals surface area contributed by atoms with Gasteiger partial charge in [0.25, 0.3) is 0 Å². The summed E-state index contributed by atoms with van der Waals surface area (Å²) in [7, 11) is 2.81. The number of ether oxygens (including phenoxy) is 2. The van der Waals surface area contributed by atoms with Crippen LogP contribution < -0.4 is 14.8 Å². The van der Waals surface area contributed by atoms with Crippen LogP contribution in [0.5, 0.6) is 11.5 Å². The first-order valence-electron chi connectivity index (χ1n) is 11.4. The zero-order valence-electron chi connectivity index (χ0n) is 20.4. The number of nitrogens with one attached hydrogen (secondary N) is 1. The van der Waals surface area contributed by atoms with Crippen LogP contribution in [0.3, 0.4) is 0 Å². The molecule has 12 heteroatoms. The summed E-state index contributed by atoms with van der Waals surface area (Å²) in [5, 5.41) is 22.1. The predicted molar refractivity (Wildman–Crippen MR) is 138 cm³/mol. The molecule has 1 amide bonds. The Morgan fingerprint density at radius 2 is 1.87 bits per heavy atom. The molecule has 0 bridgehead atoms. The molecule has 0 aliphatic heterocycles. The zero-order valence-corrected chi connectivity index (χ0v) is 22.0. The van der Waals surface area contributed by atoms with E-state index in [9.17, 15) is 28.5 Å². The summed E-state index contributed by atoms with van der Waals surface area (Å²) in [5.74, 6) is -0.158. The summed E-state index contributed by atoms with van der Waals surface area (Å²) in [6.45, 7) is 0. The van der Waals surface area contributed by atoms with E-state index in [1.165, 1.54) is 37.7 Å². The normalized spacial score (nSPS) is 12.7. The van der Waals surface area contributed by atoms with Gasteiger partial charge in [0.15, 0.2) is 0 Å². The summed E-state index contributed by atoms with van der Waals surface area (Å²) >= 11 is 2.07. The molecular formula is C26H21F3N4O3S2. The fourth-order valence-corrected chi connectivity index (χ4v) is 6.23. The Kier molecular flexibility index (Phi) is 8.14. The van der Waals surface area contributed by atoms with Crippen molar-refractivity contribution in [2.24, 2.45) is 0 Å². The summed E-state index contributed by atoms with van der Waals surface area (Å²) in [4.78, 5) is 18.1.